The summed E-state index contributed by atoms with van der Waals surface area (Å²) in [6, 6.07) is 8.96. The average Bonchev–Trinajstić information content (AvgIpc) is 3.03. The van der Waals surface area contributed by atoms with Gasteiger partial charge < -0.3 is 14.8 Å². The SMILES string of the molecule is CCOC(=O)COc1ccc(Br)cc1/C=C1/SC(=O)N(CC(=O)Nc2c(C)cc(C)cc2C)C1=O. The van der Waals surface area contributed by atoms with Crippen molar-refractivity contribution in [1.29, 1.82) is 0 Å². The van der Waals surface area contributed by atoms with Crippen LogP contribution in [-0.2, 0) is 19.1 Å². The molecule has 8 nitrogen and oxygen atoms in total. The topological polar surface area (TPSA) is 102 Å². The van der Waals surface area contributed by atoms with Gasteiger partial charge in [0.2, 0.25) is 5.91 Å². The lowest BCUT2D eigenvalue weighted by atomic mass is 10.1. The number of esters is 1. The summed E-state index contributed by atoms with van der Waals surface area (Å²) in [5, 5.41) is 2.26. The molecule has 2 aromatic carbocycles. The van der Waals surface area contributed by atoms with Gasteiger partial charge >= 0.3 is 5.97 Å². The zero-order valence-corrected chi connectivity index (χ0v) is 22.2. The fraction of sp³-hybridized carbons (Fsp3) is 0.280. The predicted octanol–water partition coefficient (Wildman–Crippen LogP) is 4.99. The molecule has 0 saturated carbocycles. The van der Waals surface area contributed by atoms with E-state index >= 15 is 0 Å². The number of amides is 3. The van der Waals surface area contributed by atoms with Crippen molar-refractivity contribution in [1.82, 2.24) is 4.90 Å². The molecule has 10 heteroatoms. The second-order valence-corrected chi connectivity index (χ2v) is 9.77. The third kappa shape index (κ3) is 6.73. The average molecular weight is 561 g/mol. The highest BCUT2D eigenvalue weighted by molar-refractivity contribution is 9.10. The van der Waals surface area contributed by atoms with E-state index in [0.717, 1.165) is 37.8 Å². The molecule has 2 aromatic rings. The van der Waals surface area contributed by atoms with Crippen molar-refractivity contribution in [2.24, 2.45) is 0 Å². The highest BCUT2D eigenvalue weighted by atomic mass is 79.9. The van der Waals surface area contributed by atoms with Gasteiger partial charge in [-0.3, -0.25) is 19.3 Å². The van der Waals surface area contributed by atoms with Crippen molar-refractivity contribution in [3.05, 3.63) is 62.0 Å². The molecule has 0 atom stereocenters. The third-order valence-electron chi connectivity index (χ3n) is 5.03. The monoisotopic (exact) mass is 560 g/mol. The molecule has 0 aliphatic carbocycles. The van der Waals surface area contributed by atoms with E-state index in [0.29, 0.717) is 17.0 Å². The van der Waals surface area contributed by atoms with Gasteiger partial charge in [0.05, 0.1) is 11.5 Å². The van der Waals surface area contributed by atoms with Crippen molar-refractivity contribution in [3.63, 3.8) is 0 Å². The minimum absolute atomic E-state index is 0.143. The lowest BCUT2D eigenvalue weighted by Crippen LogP contribution is -2.36. The normalized spacial score (nSPS) is 14.4. The van der Waals surface area contributed by atoms with E-state index in [1.807, 2.05) is 32.9 Å². The van der Waals surface area contributed by atoms with Crippen LogP contribution >= 0.6 is 27.7 Å². The fourth-order valence-corrected chi connectivity index (χ4v) is 4.79. The van der Waals surface area contributed by atoms with Crippen LogP contribution in [0.15, 0.2) is 39.7 Å². The number of thioether (sulfide) groups is 1. The summed E-state index contributed by atoms with van der Waals surface area (Å²) < 4.78 is 11.1. The summed E-state index contributed by atoms with van der Waals surface area (Å²) in [7, 11) is 0. The number of halogens is 1. The second-order valence-electron chi connectivity index (χ2n) is 7.87. The Balaban J connectivity index is 1.75. The van der Waals surface area contributed by atoms with Crippen molar-refractivity contribution in [3.8, 4) is 5.75 Å². The van der Waals surface area contributed by atoms with Crippen LogP contribution in [0.5, 0.6) is 5.75 Å². The number of aryl methyl sites for hydroxylation is 3. The number of imide groups is 1. The molecule has 0 radical (unpaired) electrons. The maximum atomic E-state index is 12.9. The van der Waals surface area contributed by atoms with E-state index in [-0.39, 0.29) is 18.1 Å². The van der Waals surface area contributed by atoms with Gasteiger partial charge in [-0.2, -0.15) is 0 Å². The smallest absolute Gasteiger partial charge is 0.344 e. The van der Waals surface area contributed by atoms with Crippen LogP contribution in [0.2, 0.25) is 0 Å². The summed E-state index contributed by atoms with van der Waals surface area (Å²) in [4.78, 5) is 50.8. The van der Waals surface area contributed by atoms with Crippen LogP contribution in [0.1, 0.15) is 29.2 Å². The Labute approximate surface area is 216 Å². The summed E-state index contributed by atoms with van der Waals surface area (Å²) in [6.07, 6.45) is 1.50. The van der Waals surface area contributed by atoms with Crippen LogP contribution in [0, 0.1) is 20.8 Å². The number of nitrogens with one attached hydrogen (secondary N) is 1. The second kappa shape index (κ2) is 11.5. The van der Waals surface area contributed by atoms with Crippen molar-refractivity contribution in [2.75, 3.05) is 25.1 Å². The number of hydrogen-bond donors (Lipinski definition) is 1. The Hall–Kier alpha value is -3.11. The first-order valence-electron chi connectivity index (χ1n) is 10.8. The van der Waals surface area contributed by atoms with Gasteiger partial charge in [-0.1, -0.05) is 33.6 Å². The zero-order valence-electron chi connectivity index (χ0n) is 19.8. The van der Waals surface area contributed by atoms with Gasteiger partial charge in [0.25, 0.3) is 11.1 Å². The molecule has 1 saturated heterocycles. The molecule has 1 aliphatic heterocycles. The van der Waals surface area contributed by atoms with Crippen LogP contribution < -0.4 is 10.1 Å². The molecule has 3 rings (SSSR count). The molecule has 1 fully saturated rings. The Morgan fingerprint density at radius 3 is 2.46 bits per heavy atom. The van der Waals surface area contributed by atoms with Gasteiger partial charge in [-0.25, -0.2) is 4.79 Å². The number of rotatable bonds is 8. The van der Waals surface area contributed by atoms with E-state index in [1.54, 1.807) is 25.1 Å². The van der Waals surface area contributed by atoms with E-state index < -0.39 is 29.6 Å². The summed E-state index contributed by atoms with van der Waals surface area (Å²) >= 11 is 4.11. The number of anilines is 1. The van der Waals surface area contributed by atoms with E-state index in [1.165, 1.54) is 6.08 Å². The number of nitrogens with zero attached hydrogens (tertiary/aromatic N) is 1. The molecular weight excluding hydrogens is 536 g/mol. The summed E-state index contributed by atoms with van der Waals surface area (Å²) in [5.41, 5.74) is 4.03. The zero-order chi connectivity index (χ0) is 25.7. The molecule has 1 N–H and O–H groups in total. The first-order chi connectivity index (χ1) is 16.6. The van der Waals surface area contributed by atoms with Crippen LogP contribution in [-0.4, -0.2) is 47.7 Å². The molecule has 35 heavy (non-hydrogen) atoms. The third-order valence-corrected chi connectivity index (χ3v) is 6.43. The van der Waals surface area contributed by atoms with Gasteiger partial charge in [0.15, 0.2) is 6.61 Å². The lowest BCUT2D eigenvalue weighted by molar-refractivity contribution is -0.145. The number of benzene rings is 2. The minimum atomic E-state index is -0.580. The molecule has 0 spiro atoms. The van der Waals surface area contributed by atoms with E-state index in [4.69, 9.17) is 9.47 Å². The van der Waals surface area contributed by atoms with Crippen LogP contribution in [0.3, 0.4) is 0 Å². The van der Waals surface area contributed by atoms with E-state index in [2.05, 4.69) is 21.2 Å². The first kappa shape index (κ1) is 26.5. The number of carbonyl (C=O) groups excluding carboxylic acids is 4. The van der Waals surface area contributed by atoms with E-state index in [9.17, 15) is 19.2 Å². The molecule has 1 heterocycles. The van der Waals surface area contributed by atoms with Gasteiger partial charge in [-0.05, 0) is 74.9 Å². The molecule has 0 bridgehead atoms. The maximum Gasteiger partial charge on any atom is 0.344 e. The number of ether oxygens (including phenoxy) is 2. The number of carbonyl (C=O) groups is 4. The quantitative estimate of drug-likeness (QED) is 0.358. The first-order valence-corrected chi connectivity index (χ1v) is 12.4. The summed E-state index contributed by atoms with van der Waals surface area (Å²) in [5.74, 6) is -1.23. The standard InChI is InChI=1S/C25H25BrN2O6S/c1-5-33-22(30)13-34-19-7-6-18(26)10-17(19)11-20-24(31)28(25(32)35-20)12-21(29)27-23-15(3)8-14(2)9-16(23)4/h6-11H,5,12-13H2,1-4H3,(H,27,29)/b20-11+. The van der Waals surface area contributed by atoms with Crippen LogP contribution in [0.4, 0.5) is 10.5 Å². The van der Waals surface area contributed by atoms with Gasteiger partial charge in [0, 0.05) is 15.7 Å². The number of hydrogen-bond acceptors (Lipinski definition) is 7. The Morgan fingerprint density at radius 2 is 1.80 bits per heavy atom. The highest BCUT2D eigenvalue weighted by Gasteiger charge is 2.36. The minimum Gasteiger partial charge on any atom is -0.481 e. The van der Waals surface area contributed by atoms with Gasteiger partial charge in [0.1, 0.15) is 12.3 Å². The molecule has 1 aliphatic rings. The van der Waals surface area contributed by atoms with Crippen molar-refractivity contribution < 1.29 is 28.7 Å². The highest BCUT2D eigenvalue weighted by Crippen LogP contribution is 2.35. The molecule has 0 aromatic heterocycles. The molecule has 184 valence electrons. The molecule has 0 unspecified atom stereocenters. The largest absolute Gasteiger partial charge is 0.481 e. The Morgan fingerprint density at radius 1 is 1.11 bits per heavy atom. The summed E-state index contributed by atoms with van der Waals surface area (Å²) in [6.45, 7) is 6.98. The fourth-order valence-electron chi connectivity index (χ4n) is 3.58. The maximum absolute atomic E-state index is 12.9. The molecule has 3 amide bonds. The predicted molar refractivity (Wildman–Crippen MR) is 138 cm³/mol. The molecular formula is C25H25BrN2O6S. The Bertz CT molecular complexity index is 1200. The lowest BCUT2D eigenvalue weighted by Gasteiger charge is -2.16. The van der Waals surface area contributed by atoms with Crippen LogP contribution in [0.25, 0.3) is 6.08 Å². The van der Waals surface area contributed by atoms with Crippen molar-refractivity contribution in [2.45, 2.75) is 27.7 Å². The Kier molecular flexibility index (Phi) is 8.74. The van der Waals surface area contributed by atoms with Crippen molar-refractivity contribution >= 4 is 62.5 Å². The van der Waals surface area contributed by atoms with Gasteiger partial charge in [-0.15, -0.1) is 0 Å².